The lowest BCUT2D eigenvalue weighted by Crippen LogP contribution is -2.18. The molecule has 0 bridgehead atoms. The van der Waals surface area contributed by atoms with Crippen LogP contribution in [-0.2, 0) is 4.74 Å². The molecule has 1 heterocycles. The summed E-state index contributed by atoms with van der Waals surface area (Å²) < 4.78 is 15.4. The minimum Gasteiger partial charge on any atom is -0.431 e. The van der Waals surface area contributed by atoms with E-state index in [1.807, 2.05) is 24.3 Å². The van der Waals surface area contributed by atoms with E-state index in [0.717, 1.165) is 0 Å². The van der Waals surface area contributed by atoms with Gasteiger partial charge in [0.25, 0.3) is 0 Å². The van der Waals surface area contributed by atoms with Gasteiger partial charge in [-0.05, 0) is 12.1 Å². The van der Waals surface area contributed by atoms with Gasteiger partial charge in [0, 0.05) is 0 Å². The molecule has 1 aromatic carbocycles. The maximum absolute atomic E-state index is 5.23. The highest BCUT2D eigenvalue weighted by Gasteiger charge is 2.23. The summed E-state index contributed by atoms with van der Waals surface area (Å²) in [7, 11) is 0. The smallest absolute Gasteiger partial charge is 0.406 e. The van der Waals surface area contributed by atoms with Gasteiger partial charge in [-0.25, -0.2) is 0 Å². The van der Waals surface area contributed by atoms with Crippen molar-refractivity contribution in [2.24, 2.45) is 0 Å². The lowest BCUT2D eigenvalue weighted by atomic mass is 10.3. The minimum absolute atomic E-state index is 0.681. The molecule has 0 atom stereocenters. The second-order valence-electron chi connectivity index (χ2n) is 2.27. The van der Waals surface area contributed by atoms with E-state index in [4.69, 9.17) is 14.2 Å². The first-order chi connectivity index (χ1) is 5.90. The Morgan fingerprint density at radius 1 is 1.25 bits per heavy atom. The lowest BCUT2D eigenvalue weighted by Gasteiger charge is -2.06. The first kappa shape index (κ1) is 7.03. The molecule has 0 N–H and O–H groups in total. The number of benzene rings is 1. The van der Waals surface area contributed by atoms with Crippen LogP contribution in [0.1, 0.15) is 0 Å². The fraction of sp³-hybridized carbons (Fsp3) is 0.111. The van der Waals surface area contributed by atoms with Crippen molar-refractivity contribution in [3.63, 3.8) is 0 Å². The molecule has 0 aromatic heterocycles. The Kier molecular flexibility index (Phi) is 1.63. The number of hydrogen-bond donors (Lipinski definition) is 0. The Hall–Kier alpha value is -1.64. The molecule has 0 unspecified atom stereocenters. The van der Waals surface area contributed by atoms with Gasteiger partial charge >= 0.3 is 6.48 Å². The van der Waals surface area contributed by atoms with Crippen LogP contribution >= 0.6 is 0 Å². The summed E-state index contributed by atoms with van der Waals surface area (Å²) in [6, 6.07) is 7.39. The Morgan fingerprint density at radius 3 is 2.33 bits per heavy atom. The highest BCUT2D eigenvalue weighted by molar-refractivity contribution is 5.41. The molecule has 1 aliphatic heterocycles. The van der Waals surface area contributed by atoms with E-state index >= 15 is 0 Å². The van der Waals surface area contributed by atoms with E-state index in [1.54, 1.807) is 0 Å². The third-order valence-electron chi connectivity index (χ3n) is 1.50. The van der Waals surface area contributed by atoms with Gasteiger partial charge in [-0.3, -0.25) is 0 Å². The first-order valence-electron chi connectivity index (χ1n) is 3.59. The lowest BCUT2D eigenvalue weighted by molar-refractivity contribution is -0.139. The molecule has 0 saturated carbocycles. The molecule has 0 fully saturated rings. The molecule has 12 heavy (non-hydrogen) atoms. The first-order valence-corrected chi connectivity index (χ1v) is 3.59. The molecule has 2 rings (SSSR count). The van der Waals surface area contributed by atoms with Crippen LogP contribution in [0, 0.1) is 0 Å². The van der Waals surface area contributed by atoms with Crippen LogP contribution < -0.4 is 9.47 Å². The number of para-hydroxylation sites is 2. The minimum atomic E-state index is -0.681. The van der Waals surface area contributed by atoms with Crippen molar-refractivity contribution in [3.8, 4) is 11.5 Å². The third-order valence-corrected chi connectivity index (χ3v) is 1.50. The zero-order chi connectivity index (χ0) is 8.39. The molecule has 62 valence electrons. The summed E-state index contributed by atoms with van der Waals surface area (Å²) in [6.45, 7) is 2.72. The van der Waals surface area contributed by atoms with Gasteiger partial charge < -0.3 is 14.2 Å². The zero-order valence-electron chi connectivity index (χ0n) is 6.40. The van der Waals surface area contributed by atoms with Crippen molar-refractivity contribution in [2.45, 2.75) is 6.48 Å². The van der Waals surface area contributed by atoms with E-state index in [0.29, 0.717) is 11.5 Å². The van der Waals surface area contributed by atoms with Gasteiger partial charge in [0.1, 0.15) is 0 Å². The molecule has 0 spiro atoms. The summed E-state index contributed by atoms with van der Waals surface area (Å²) >= 11 is 0. The predicted octanol–water partition coefficient (Wildman–Crippen LogP) is 1.90. The molecule has 0 saturated heterocycles. The summed E-state index contributed by atoms with van der Waals surface area (Å²) in [6.07, 6.45) is 1.29. The number of ether oxygens (including phenoxy) is 3. The third kappa shape index (κ3) is 1.09. The van der Waals surface area contributed by atoms with Gasteiger partial charge in [-0.15, -0.1) is 0 Å². The predicted molar refractivity (Wildman–Crippen MR) is 42.8 cm³/mol. The second kappa shape index (κ2) is 2.77. The van der Waals surface area contributed by atoms with Gasteiger partial charge in [-0.1, -0.05) is 18.7 Å². The van der Waals surface area contributed by atoms with Crippen molar-refractivity contribution in [1.29, 1.82) is 0 Å². The summed E-state index contributed by atoms with van der Waals surface area (Å²) in [5.74, 6) is 1.40. The van der Waals surface area contributed by atoms with Crippen LogP contribution in [0.2, 0.25) is 0 Å². The quantitative estimate of drug-likeness (QED) is 0.625. The van der Waals surface area contributed by atoms with E-state index < -0.39 is 6.48 Å². The highest BCUT2D eigenvalue weighted by Crippen LogP contribution is 2.33. The molecule has 0 aliphatic carbocycles. The van der Waals surface area contributed by atoms with Gasteiger partial charge in [0.15, 0.2) is 11.5 Å². The van der Waals surface area contributed by atoms with Crippen molar-refractivity contribution in [2.75, 3.05) is 0 Å². The number of hydrogen-bond acceptors (Lipinski definition) is 3. The van der Waals surface area contributed by atoms with Gasteiger partial charge in [0.2, 0.25) is 0 Å². The van der Waals surface area contributed by atoms with Crippen LogP contribution in [0.4, 0.5) is 0 Å². The topological polar surface area (TPSA) is 27.7 Å². The Balaban J connectivity index is 2.16. The van der Waals surface area contributed by atoms with Crippen LogP contribution in [0.15, 0.2) is 37.1 Å². The average molecular weight is 164 g/mol. The second-order valence-corrected chi connectivity index (χ2v) is 2.27. The van der Waals surface area contributed by atoms with Crippen LogP contribution in [0.3, 0.4) is 0 Å². The Bertz CT molecular complexity index is 271. The molecule has 3 heteroatoms. The molecule has 1 aromatic rings. The number of fused-ring (bicyclic) bond motifs is 1. The van der Waals surface area contributed by atoms with Gasteiger partial charge in [0.05, 0.1) is 6.26 Å². The van der Waals surface area contributed by atoms with E-state index in [2.05, 4.69) is 6.58 Å². The van der Waals surface area contributed by atoms with E-state index in [1.165, 1.54) is 6.26 Å². The molecule has 0 amide bonds. The Labute approximate surface area is 70.2 Å². The van der Waals surface area contributed by atoms with Crippen LogP contribution in [0.25, 0.3) is 0 Å². The molecule has 1 aliphatic rings. The molecular weight excluding hydrogens is 156 g/mol. The van der Waals surface area contributed by atoms with E-state index in [9.17, 15) is 0 Å². The maximum atomic E-state index is 5.23. The van der Waals surface area contributed by atoms with Gasteiger partial charge in [-0.2, -0.15) is 0 Å². The maximum Gasteiger partial charge on any atom is 0.406 e. The Morgan fingerprint density at radius 2 is 1.83 bits per heavy atom. The summed E-state index contributed by atoms with van der Waals surface area (Å²) in [4.78, 5) is 0. The highest BCUT2D eigenvalue weighted by atomic mass is 16.9. The normalized spacial score (nSPS) is 14.3. The van der Waals surface area contributed by atoms with E-state index in [-0.39, 0.29) is 0 Å². The SMILES string of the molecule is C=COC1Oc2ccccc2O1. The van der Waals surface area contributed by atoms with Crippen molar-refractivity contribution in [1.82, 2.24) is 0 Å². The molecule has 0 radical (unpaired) electrons. The summed E-state index contributed by atoms with van der Waals surface area (Å²) in [5.41, 5.74) is 0. The van der Waals surface area contributed by atoms with Crippen molar-refractivity contribution in [3.05, 3.63) is 37.1 Å². The average Bonchev–Trinajstić information content (AvgIpc) is 2.47. The standard InChI is InChI=1S/C9H8O3/c1-2-10-9-11-7-5-3-4-6-8(7)12-9/h2-6,9H,1H2. The molecular formula is C9H8O3. The van der Waals surface area contributed by atoms with Crippen LogP contribution in [0.5, 0.6) is 11.5 Å². The monoisotopic (exact) mass is 164 g/mol. The largest absolute Gasteiger partial charge is 0.431 e. The summed E-state index contributed by atoms with van der Waals surface area (Å²) in [5, 5.41) is 0. The number of rotatable bonds is 2. The fourth-order valence-electron chi connectivity index (χ4n) is 1.01. The zero-order valence-corrected chi connectivity index (χ0v) is 6.40. The van der Waals surface area contributed by atoms with Crippen LogP contribution in [-0.4, -0.2) is 6.48 Å². The van der Waals surface area contributed by atoms with Crippen molar-refractivity contribution >= 4 is 0 Å². The van der Waals surface area contributed by atoms with Crippen molar-refractivity contribution < 1.29 is 14.2 Å². The molecule has 3 nitrogen and oxygen atoms in total. The fourth-order valence-corrected chi connectivity index (χ4v) is 1.01.